The van der Waals surface area contributed by atoms with Gasteiger partial charge in [-0.2, -0.15) is 0 Å². The second kappa shape index (κ2) is 6.27. The molecule has 1 aromatic rings. The van der Waals surface area contributed by atoms with Crippen molar-refractivity contribution < 1.29 is 9.59 Å². The zero-order valence-electron chi connectivity index (χ0n) is 11.7. The van der Waals surface area contributed by atoms with Gasteiger partial charge in [0.2, 0.25) is 5.91 Å². The predicted molar refractivity (Wildman–Crippen MR) is 79.0 cm³/mol. The van der Waals surface area contributed by atoms with Crippen LogP contribution in [0.15, 0.2) is 18.2 Å². The molecule has 1 heterocycles. The van der Waals surface area contributed by atoms with Gasteiger partial charge in [0.1, 0.15) is 0 Å². The molecule has 0 spiro atoms. The van der Waals surface area contributed by atoms with Crippen LogP contribution in [0.2, 0.25) is 0 Å². The van der Waals surface area contributed by atoms with Crippen LogP contribution in [0.4, 0.5) is 11.4 Å². The van der Waals surface area contributed by atoms with Crippen molar-refractivity contribution in [3.63, 3.8) is 0 Å². The summed E-state index contributed by atoms with van der Waals surface area (Å²) in [4.78, 5) is 23.7. The lowest BCUT2D eigenvalue weighted by Crippen LogP contribution is -2.40. The number of hydrogen-bond donors (Lipinski definition) is 4. The average Bonchev–Trinajstić information content (AvgIpc) is 2.43. The van der Waals surface area contributed by atoms with Gasteiger partial charge in [0.25, 0.3) is 5.91 Å². The van der Waals surface area contributed by atoms with Gasteiger partial charge < -0.3 is 21.3 Å². The Labute approximate surface area is 118 Å². The Hall–Kier alpha value is -2.24. The van der Waals surface area contributed by atoms with Crippen molar-refractivity contribution >= 4 is 23.2 Å². The molecule has 20 heavy (non-hydrogen) atoms. The smallest absolute Gasteiger partial charge is 0.253 e. The fourth-order valence-electron chi connectivity index (χ4n) is 2.09. The van der Waals surface area contributed by atoms with Crippen LogP contribution >= 0.6 is 0 Å². The zero-order chi connectivity index (χ0) is 14.5. The molecule has 0 bridgehead atoms. The van der Waals surface area contributed by atoms with E-state index in [2.05, 4.69) is 21.3 Å². The molecule has 0 aromatic heterocycles. The Kier molecular flexibility index (Phi) is 4.45. The summed E-state index contributed by atoms with van der Waals surface area (Å²) in [5.41, 5.74) is 2.25. The van der Waals surface area contributed by atoms with Crippen LogP contribution in [-0.4, -0.2) is 37.5 Å². The molecule has 6 heteroatoms. The Morgan fingerprint density at radius 2 is 2.00 bits per heavy atom. The van der Waals surface area contributed by atoms with Gasteiger partial charge in [-0.05, 0) is 26.0 Å². The van der Waals surface area contributed by atoms with Crippen LogP contribution in [0.25, 0.3) is 0 Å². The number of hydrogen-bond acceptors (Lipinski definition) is 4. The molecule has 0 saturated carbocycles. The standard InChI is InChI=1S/C14H20N4O2/c1-9(2)18-12(19)8-17-14(20)10-4-3-5-11-13(10)16-7-6-15-11/h3-5,9,15-16H,6-8H2,1-2H3,(H,17,20)(H,18,19). The molecular formula is C14H20N4O2. The first-order chi connectivity index (χ1) is 9.58. The minimum Gasteiger partial charge on any atom is -0.382 e. The topological polar surface area (TPSA) is 82.3 Å². The van der Waals surface area contributed by atoms with Crippen LogP contribution in [0, 0.1) is 0 Å². The van der Waals surface area contributed by atoms with Crippen molar-refractivity contribution in [1.82, 2.24) is 10.6 Å². The van der Waals surface area contributed by atoms with Crippen molar-refractivity contribution in [2.75, 3.05) is 30.3 Å². The normalized spacial score (nSPS) is 12.9. The lowest BCUT2D eigenvalue weighted by Gasteiger charge is -2.22. The van der Waals surface area contributed by atoms with Crippen molar-refractivity contribution in [3.8, 4) is 0 Å². The first-order valence-electron chi connectivity index (χ1n) is 6.76. The van der Waals surface area contributed by atoms with Crippen LogP contribution in [0.1, 0.15) is 24.2 Å². The molecule has 0 unspecified atom stereocenters. The highest BCUT2D eigenvalue weighted by Crippen LogP contribution is 2.27. The van der Waals surface area contributed by atoms with Gasteiger partial charge in [-0.25, -0.2) is 0 Å². The minimum absolute atomic E-state index is 0.0197. The fourth-order valence-corrected chi connectivity index (χ4v) is 2.09. The lowest BCUT2D eigenvalue weighted by atomic mass is 10.1. The molecule has 0 aliphatic carbocycles. The first-order valence-corrected chi connectivity index (χ1v) is 6.76. The molecule has 0 radical (unpaired) electrons. The quantitative estimate of drug-likeness (QED) is 0.655. The van der Waals surface area contributed by atoms with E-state index in [0.717, 1.165) is 24.5 Å². The Morgan fingerprint density at radius 3 is 2.75 bits per heavy atom. The van der Waals surface area contributed by atoms with Crippen LogP contribution in [-0.2, 0) is 4.79 Å². The van der Waals surface area contributed by atoms with E-state index in [1.807, 2.05) is 26.0 Å². The van der Waals surface area contributed by atoms with Crippen molar-refractivity contribution in [1.29, 1.82) is 0 Å². The minimum atomic E-state index is -0.253. The molecule has 1 aromatic carbocycles. The van der Waals surface area contributed by atoms with E-state index in [0.29, 0.717) is 5.56 Å². The number of fused-ring (bicyclic) bond motifs is 1. The maximum Gasteiger partial charge on any atom is 0.253 e. The SMILES string of the molecule is CC(C)NC(=O)CNC(=O)c1cccc2c1NCCN2. The first kappa shape index (κ1) is 14.2. The highest BCUT2D eigenvalue weighted by molar-refractivity contribution is 6.03. The third kappa shape index (κ3) is 3.40. The second-order valence-electron chi connectivity index (χ2n) is 4.99. The van der Waals surface area contributed by atoms with Gasteiger partial charge in [0.15, 0.2) is 0 Å². The molecule has 1 aliphatic rings. The van der Waals surface area contributed by atoms with Crippen molar-refractivity contribution in [2.45, 2.75) is 19.9 Å². The number of nitrogens with one attached hydrogen (secondary N) is 4. The van der Waals surface area contributed by atoms with Crippen molar-refractivity contribution in [3.05, 3.63) is 23.8 Å². The Bertz CT molecular complexity index is 514. The third-order valence-corrected chi connectivity index (χ3v) is 2.91. The van der Waals surface area contributed by atoms with Gasteiger partial charge in [0.05, 0.1) is 23.5 Å². The predicted octanol–water partition coefficient (Wildman–Crippen LogP) is 0.778. The molecule has 6 nitrogen and oxygen atoms in total. The molecule has 0 atom stereocenters. The summed E-state index contributed by atoms with van der Waals surface area (Å²) in [6.07, 6.45) is 0. The Balaban J connectivity index is 2.01. The molecule has 108 valence electrons. The number of anilines is 2. The summed E-state index contributed by atoms with van der Waals surface area (Å²) >= 11 is 0. The molecule has 1 aliphatic heterocycles. The van der Waals surface area contributed by atoms with Gasteiger partial charge in [-0.3, -0.25) is 9.59 Å². The summed E-state index contributed by atoms with van der Waals surface area (Å²) < 4.78 is 0. The lowest BCUT2D eigenvalue weighted by molar-refractivity contribution is -0.120. The maximum atomic E-state index is 12.1. The van der Waals surface area contributed by atoms with E-state index in [-0.39, 0.29) is 24.4 Å². The van der Waals surface area contributed by atoms with E-state index >= 15 is 0 Å². The molecular weight excluding hydrogens is 256 g/mol. The summed E-state index contributed by atoms with van der Waals surface area (Å²) in [5.74, 6) is -0.443. The molecule has 4 N–H and O–H groups in total. The summed E-state index contributed by atoms with van der Waals surface area (Å²) in [6.45, 7) is 5.33. The van der Waals surface area contributed by atoms with E-state index in [9.17, 15) is 9.59 Å². The van der Waals surface area contributed by atoms with E-state index in [4.69, 9.17) is 0 Å². The highest BCUT2D eigenvalue weighted by atomic mass is 16.2. The molecule has 2 rings (SSSR count). The molecule has 0 fully saturated rings. The summed E-state index contributed by atoms with van der Waals surface area (Å²) in [6, 6.07) is 5.55. The largest absolute Gasteiger partial charge is 0.382 e. The Morgan fingerprint density at radius 1 is 1.25 bits per heavy atom. The van der Waals surface area contributed by atoms with Gasteiger partial charge >= 0.3 is 0 Å². The summed E-state index contributed by atoms with van der Waals surface area (Å²) in [7, 11) is 0. The molecule has 0 saturated heterocycles. The maximum absolute atomic E-state index is 12.1. The van der Waals surface area contributed by atoms with E-state index in [1.54, 1.807) is 6.07 Å². The fraction of sp³-hybridized carbons (Fsp3) is 0.429. The van der Waals surface area contributed by atoms with Crippen LogP contribution in [0.5, 0.6) is 0 Å². The number of carbonyl (C=O) groups excluding carboxylic acids is 2. The number of carbonyl (C=O) groups is 2. The number of para-hydroxylation sites is 1. The second-order valence-corrected chi connectivity index (χ2v) is 4.99. The van der Waals surface area contributed by atoms with Crippen LogP contribution in [0.3, 0.4) is 0 Å². The van der Waals surface area contributed by atoms with Gasteiger partial charge in [-0.1, -0.05) is 6.07 Å². The van der Waals surface area contributed by atoms with Crippen LogP contribution < -0.4 is 21.3 Å². The highest BCUT2D eigenvalue weighted by Gasteiger charge is 2.17. The van der Waals surface area contributed by atoms with Crippen molar-refractivity contribution in [2.24, 2.45) is 0 Å². The molecule has 2 amide bonds. The van der Waals surface area contributed by atoms with E-state index in [1.165, 1.54) is 0 Å². The zero-order valence-corrected chi connectivity index (χ0v) is 11.7. The average molecular weight is 276 g/mol. The third-order valence-electron chi connectivity index (χ3n) is 2.91. The monoisotopic (exact) mass is 276 g/mol. The van der Waals surface area contributed by atoms with Gasteiger partial charge in [0, 0.05) is 19.1 Å². The number of rotatable bonds is 4. The number of amides is 2. The van der Waals surface area contributed by atoms with E-state index < -0.39 is 0 Å². The summed E-state index contributed by atoms with van der Waals surface area (Å²) in [5, 5.41) is 11.8. The van der Waals surface area contributed by atoms with Gasteiger partial charge in [-0.15, -0.1) is 0 Å². The number of benzene rings is 1.